The van der Waals surface area contributed by atoms with Crippen LogP contribution in [0.2, 0.25) is 0 Å². The molecule has 0 aromatic heterocycles. The van der Waals surface area contributed by atoms with Crippen molar-refractivity contribution >= 4 is 11.7 Å². The molecule has 1 saturated heterocycles. The normalized spacial score (nSPS) is 26.8. The van der Waals surface area contributed by atoms with Crippen LogP contribution < -0.4 is 11.1 Å². The molecule has 0 atom stereocenters. The van der Waals surface area contributed by atoms with E-state index >= 15 is 0 Å². The molecule has 1 aliphatic carbocycles. The monoisotopic (exact) mass is 206 g/mol. The van der Waals surface area contributed by atoms with Gasteiger partial charge in [0.05, 0.1) is 5.54 Å². The number of carbonyl (C=O) groups excluding carboxylic acids is 1. The summed E-state index contributed by atoms with van der Waals surface area (Å²) in [7, 11) is 0. The van der Waals surface area contributed by atoms with Crippen molar-refractivity contribution in [1.29, 1.82) is 0 Å². The van der Waals surface area contributed by atoms with Crippen molar-refractivity contribution in [2.45, 2.75) is 18.4 Å². The van der Waals surface area contributed by atoms with E-state index in [1.165, 1.54) is 0 Å². The standard InChI is InChI=1S/C10H14N4O/c11-8(15)7-1-5-14-6-4-12-10(2-3-10)9(14)13-7/h1,12H,2-6H2,(H2,11,15). The molecule has 2 fully saturated rings. The first kappa shape index (κ1) is 8.91. The van der Waals surface area contributed by atoms with Crippen LogP contribution in [0.3, 0.4) is 0 Å². The topological polar surface area (TPSA) is 70.7 Å². The van der Waals surface area contributed by atoms with E-state index in [-0.39, 0.29) is 5.54 Å². The molecule has 3 N–H and O–H groups in total. The number of nitrogens with one attached hydrogen (secondary N) is 1. The molecular formula is C10H14N4O. The van der Waals surface area contributed by atoms with Crippen LogP contribution in [0.25, 0.3) is 0 Å². The Kier molecular flexibility index (Phi) is 1.68. The van der Waals surface area contributed by atoms with Gasteiger partial charge in [-0.2, -0.15) is 0 Å². The lowest BCUT2D eigenvalue weighted by molar-refractivity contribution is -0.114. The highest BCUT2D eigenvalue weighted by molar-refractivity contribution is 6.02. The minimum absolute atomic E-state index is 0.0627. The van der Waals surface area contributed by atoms with Gasteiger partial charge in [-0.3, -0.25) is 4.79 Å². The van der Waals surface area contributed by atoms with Crippen molar-refractivity contribution in [3.05, 3.63) is 11.8 Å². The number of nitrogens with zero attached hydrogens (tertiary/aromatic N) is 2. The molecule has 15 heavy (non-hydrogen) atoms. The van der Waals surface area contributed by atoms with Gasteiger partial charge in [0.15, 0.2) is 0 Å². The highest BCUT2D eigenvalue weighted by Gasteiger charge is 2.51. The molecule has 2 heterocycles. The minimum atomic E-state index is -0.427. The van der Waals surface area contributed by atoms with Crippen LogP contribution in [0.5, 0.6) is 0 Å². The molecule has 3 aliphatic rings. The van der Waals surface area contributed by atoms with E-state index in [0.717, 1.165) is 38.3 Å². The largest absolute Gasteiger partial charge is 0.364 e. The van der Waals surface area contributed by atoms with Crippen LogP contribution in [0.4, 0.5) is 0 Å². The fraction of sp³-hybridized carbons (Fsp3) is 0.600. The van der Waals surface area contributed by atoms with Gasteiger partial charge >= 0.3 is 0 Å². The number of rotatable bonds is 1. The van der Waals surface area contributed by atoms with E-state index in [0.29, 0.717) is 5.70 Å². The Balaban J connectivity index is 1.96. The van der Waals surface area contributed by atoms with Crippen molar-refractivity contribution < 1.29 is 4.79 Å². The first-order valence-corrected chi connectivity index (χ1v) is 5.30. The van der Waals surface area contributed by atoms with Gasteiger partial charge in [-0.25, -0.2) is 4.99 Å². The van der Waals surface area contributed by atoms with Crippen LogP contribution in [-0.4, -0.2) is 41.8 Å². The van der Waals surface area contributed by atoms with Gasteiger partial charge in [0.1, 0.15) is 11.5 Å². The van der Waals surface area contributed by atoms with Crippen molar-refractivity contribution in [3.63, 3.8) is 0 Å². The van der Waals surface area contributed by atoms with E-state index in [4.69, 9.17) is 5.73 Å². The lowest BCUT2D eigenvalue weighted by Crippen LogP contribution is -2.57. The fourth-order valence-corrected chi connectivity index (χ4v) is 2.31. The maximum atomic E-state index is 11.1. The van der Waals surface area contributed by atoms with Gasteiger partial charge in [-0.1, -0.05) is 0 Å². The fourth-order valence-electron chi connectivity index (χ4n) is 2.31. The highest BCUT2D eigenvalue weighted by atomic mass is 16.1. The average Bonchev–Trinajstić information content (AvgIpc) is 2.99. The number of amidine groups is 1. The first-order chi connectivity index (χ1) is 7.21. The summed E-state index contributed by atoms with van der Waals surface area (Å²) in [4.78, 5) is 17.7. The Bertz CT molecular complexity index is 381. The van der Waals surface area contributed by atoms with Crippen LogP contribution >= 0.6 is 0 Å². The maximum Gasteiger partial charge on any atom is 0.267 e. The van der Waals surface area contributed by atoms with E-state index in [2.05, 4.69) is 15.2 Å². The zero-order valence-electron chi connectivity index (χ0n) is 8.49. The molecule has 0 unspecified atom stereocenters. The van der Waals surface area contributed by atoms with Crippen molar-refractivity contribution in [3.8, 4) is 0 Å². The quantitative estimate of drug-likeness (QED) is 0.590. The summed E-state index contributed by atoms with van der Waals surface area (Å²) in [6, 6.07) is 0. The molecule has 5 nitrogen and oxygen atoms in total. The smallest absolute Gasteiger partial charge is 0.267 e. The molecule has 5 heteroatoms. The summed E-state index contributed by atoms with van der Waals surface area (Å²) in [6.07, 6.45) is 4.05. The summed E-state index contributed by atoms with van der Waals surface area (Å²) in [5.74, 6) is 0.591. The van der Waals surface area contributed by atoms with Gasteiger partial charge < -0.3 is 16.0 Å². The van der Waals surface area contributed by atoms with Crippen LogP contribution in [0.15, 0.2) is 16.8 Å². The van der Waals surface area contributed by atoms with Crippen molar-refractivity contribution in [2.24, 2.45) is 10.7 Å². The summed E-state index contributed by atoms with van der Waals surface area (Å²) in [5, 5.41) is 3.48. The molecule has 1 saturated carbocycles. The van der Waals surface area contributed by atoms with Crippen LogP contribution in [0, 0.1) is 0 Å². The highest BCUT2D eigenvalue weighted by Crippen LogP contribution is 2.40. The third kappa shape index (κ3) is 1.26. The minimum Gasteiger partial charge on any atom is -0.364 e. The molecule has 0 aromatic carbocycles. The molecule has 1 amide bonds. The van der Waals surface area contributed by atoms with Crippen molar-refractivity contribution in [1.82, 2.24) is 10.2 Å². The predicted molar refractivity (Wildman–Crippen MR) is 56.3 cm³/mol. The van der Waals surface area contributed by atoms with Gasteiger partial charge in [-0.15, -0.1) is 0 Å². The van der Waals surface area contributed by atoms with Crippen molar-refractivity contribution in [2.75, 3.05) is 19.6 Å². The molecule has 0 aromatic rings. The number of primary amides is 1. The summed E-state index contributed by atoms with van der Waals surface area (Å²) >= 11 is 0. The van der Waals surface area contributed by atoms with E-state index in [1.54, 1.807) is 0 Å². The summed E-state index contributed by atoms with van der Waals surface area (Å²) in [5.41, 5.74) is 5.72. The Labute approximate surface area is 88.0 Å². The second-order valence-corrected chi connectivity index (χ2v) is 4.34. The number of hydrogen-bond acceptors (Lipinski definition) is 4. The second kappa shape index (κ2) is 2.82. The zero-order chi connectivity index (χ0) is 10.5. The van der Waals surface area contributed by atoms with Gasteiger partial charge in [-0.05, 0) is 18.9 Å². The Morgan fingerprint density at radius 2 is 2.40 bits per heavy atom. The van der Waals surface area contributed by atoms with Crippen LogP contribution in [0.1, 0.15) is 12.8 Å². The predicted octanol–water partition coefficient (Wildman–Crippen LogP) is -0.794. The Morgan fingerprint density at radius 3 is 3.07 bits per heavy atom. The van der Waals surface area contributed by atoms with E-state index in [1.807, 2.05) is 6.08 Å². The molecule has 0 radical (unpaired) electrons. The van der Waals surface area contributed by atoms with Gasteiger partial charge in [0.2, 0.25) is 0 Å². The summed E-state index contributed by atoms with van der Waals surface area (Å²) < 4.78 is 0. The third-order valence-electron chi connectivity index (χ3n) is 3.31. The molecule has 80 valence electrons. The number of aliphatic imine (C=N–C) groups is 1. The molecule has 2 aliphatic heterocycles. The lowest BCUT2D eigenvalue weighted by atomic mass is 10.1. The summed E-state index contributed by atoms with van der Waals surface area (Å²) in [6.45, 7) is 2.72. The van der Waals surface area contributed by atoms with Gasteiger partial charge in [0, 0.05) is 19.6 Å². The Hall–Kier alpha value is -1.36. The van der Waals surface area contributed by atoms with E-state index in [9.17, 15) is 4.79 Å². The average molecular weight is 206 g/mol. The van der Waals surface area contributed by atoms with Gasteiger partial charge in [0.25, 0.3) is 5.91 Å². The van der Waals surface area contributed by atoms with Crippen LogP contribution in [-0.2, 0) is 4.79 Å². The number of piperazine rings is 1. The first-order valence-electron chi connectivity index (χ1n) is 5.30. The third-order valence-corrected chi connectivity index (χ3v) is 3.31. The molecule has 0 bridgehead atoms. The molecule has 3 rings (SSSR count). The second-order valence-electron chi connectivity index (χ2n) is 4.34. The molecule has 1 spiro atoms. The lowest BCUT2D eigenvalue weighted by Gasteiger charge is -2.38. The van der Waals surface area contributed by atoms with E-state index < -0.39 is 5.91 Å². The molecular weight excluding hydrogens is 192 g/mol. The SMILES string of the molecule is NC(=O)C1=CCN2CCNC3(CC3)C2=N1. The number of amides is 1. The maximum absolute atomic E-state index is 11.1. The Morgan fingerprint density at radius 1 is 1.60 bits per heavy atom. The number of carbonyl (C=O) groups is 1. The number of hydrogen-bond donors (Lipinski definition) is 2. The zero-order valence-corrected chi connectivity index (χ0v) is 8.49. The number of nitrogens with two attached hydrogens (primary N) is 1. The number of fused-ring (bicyclic) bond motifs is 2.